The van der Waals surface area contributed by atoms with Crippen molar-refractivity contribution in [1.29, 1.82) is 0 Å². The van der Waals surface area contributed by atoms with Crippen molar-refractivity contribution in [2.45, 2.75) is 44.1 Å². The molecule has 28 heavy (non-hydrogen) atoms. The molecule has 1 aliphatic heterocycles. The number of aliphatic hydroxyl groups is 1. The van der Waals surface area contributed by atoms with E-state index in [1.807, 2.05) is 6.92 Å². The molecule has 1 saturated heterocycles. The molecule has 1 unspecified atom stereocenters. The minimum atomic E-state index is -3.48. The summed E-state index contributed by atoms with van der Waals surface area (Å²) in [5, 5.41) is 13.0. The van der Waals surface area contributed by atoms with Crippen molar-refractivity contribution < 1.29 is 22.7 Å². The smallest absolute Gasteiger partial charge is 0.251 e. The molecule has 152 valence electrons. The topological polar surface area (TPSA) is 99.8 Å². The Morgan fingerprint density at radius 2 is 1.86 bits per heavy atom. The largest absolute Gasteiger partial charge is 0.466 e. The second kappa shape index (κ2) is 8.46. The predicted octanol–water partition coefficient (Wildman–Crippen LogP) is 2.53. The molecule has 1 amide bonds. The number of nitrogens with zero attached hydrogens (tertiary/aromatic N) is 1. The van der Waals surface area contributed by atoms with Crippen LogP contribution in [0.5, 0.6) is 0 Å². The molecule has 0 spiro atoms. The molecule has 2 heterocycles. The molecule has 1 fully saturated rings. The lowest BCUT2D eigenvalue weighted by Gasteiger charge is -2.15. The summed E-state index contributed by atoms with van der Waals surface area (Å²) in [5.41, 5.74) is 1.11. The number of carbonyl (C=O) groups excluding carboxylic acids is 1. The summed E-state index contributed by atoms with van der Waals surface area (Å²) in [7, 11) is -3.48. The van der Waals surface area contributed by atoms with Gasteiger partial charge in [0.15, 0.2) is 0 Å². The van der Waals surface area contributed by atoms with Crippen LogP contribution in [0.25, 0.3) is 0 Å². The maximum Gasteiger partial charge on any atom is 0.251 e. The van der Waals surface area contributed by atoms with Crippen LogP contribution in [0.15, 0.2) is 39.6 Å². The number of sulfonamides is 1. The predicted molar refractivity (Wildman–Crippen MR) is 105 cm³/mol. The van der Waals surface area contributed by atoms with Gasteiger partial charge in [0, 0.05) is 30.8 Å². The molecule has 2 N–H and O–H groups in total. The van der Waals surface area contributed by atoms with Crippen LogP contribution in [-0.4, -0.2) is 43.4 Å². The van der Waals surface area contributed by atoms with Crippen LogP contribution in [0.1, 0.15) is 52.8 Å². The van der Waals surface area contributed by atoms with Gasteiger partial charge in [-0.15, -0.1) is 0 Å². The van der Waals surface area contributed by atoms with E-state index in [4.69, 9.17) is 4.42 Å². The molecule has 8 heteroatoms. The lowest BCUT2D eigenvalue weighted by atomic mass is 10.1. The molecule has 0 radical (unpaired) electrons. The molecule has 1 atom stereocenters. The molecule has 3 rings (SSSR count). The Morgan fingerprint density at radius 1 is 1.21 bits per heavy atom. The number of aliphatic hydroxyl groups excluding tert-OH is 1. The number of furan rings is 1. The molecular weight excluding hydrogens is 380 g/mol. The van der Waals surface area contributed by atoms with Gasteiger partial charge in [0.2, 0.25) is 10.0 Å². The third-order valence-corrected chi connectivity index (χ3v) is 6.87. The lowest BCUT2D eigenvalue weighted by Crippen LogP contribution is -2.28. The summed E-state index contributed by atoms with van der Waals surface area (Å²) in [5.74, 6) is 1.10. The van der Waals surface area contributed by atoms with E-state index in [1.54, 1.807) is 13.0 Å². The van der Waals surface area contributed by atoms with Gasteiger partial charge < -0.3 is 14.8 Å². The highest BCUT2D eigenvalue weighted by Gasteiger charge is 2.27. The highest BCUT2D eigenvalue weighted by molar-refractivity contribution is 7.89. The average molecular weight is 407 g/mol. The highest BCUT2D eigenvalue weighted by atomic mass is 32.2. The van der Waals surface area contributed by atoms with Crippen LogP contribution >= 0.6 is 0 Å². The van der Waals surface area contributed by atoms with E-state index in [0.717, 1.165) is 24.2 Å². The maximum atomic E-state index is 12.5. The van der Waals surface area contributed by atoms with Gasteiger partial charge in [-0.3, -0.25) is 4.79 Å². The van der Waals surface area contributed by atoms with Crippen molar-refractivity contribution >= 4 is 15.9 Å². The van der Waals surface area contributed by atoms with Crippen molar-refractivity contribution in [3.63, 3.8) is 0 Å². The molecule has 0 bridgehead atoms. The van der Waals surface area contributed by atoms with Gasteiger partial charge in [-0.25, -0.2) is 8.42 Å². The minimum absolute atomic E-state index is 0.201. The molecule has 1 aromatic heterocycles. The fraction of sp³-hybridized carbons (Fsp3) is 0.450. The summed E-state index contributed by atoms with van der Waals surface area (Å²) in [6.45, 7) is 4.99. The maximum absolute atomic E-state index is 12.5. The molecule has 1 aliphatic rings. The van der Waals surface area contributed by atoms with Crippen LogP contribution in [0.3, 0.4) is 0 Å². The second-order valence-corrected chi connectivity index (χ2v) is 9.00. The number of benzene rings is 1. The highest BCUT2D eigenvalue weighted by Crippen LogP contribution is 2.24. The quantitative estimate of drug-likeness (QED) is 0.736. The number of aryl methyl sites for hydroxylation is 2. The van der Waals surface area contributed by atoms with E-state index in [-0.39, 0.29) is 17.3 Å². The minimum Gasteiger partial charge on any atom is -0.466 e. The first-order valence-corrected chi connectivity index (χ1v) is 10.9. The summed E-state index contributed by atoms with van der Waals surface area (Å²) >= 11 is 0. The summed E-state index contributed by atoms with van der Waals surface area (Å²) in [6, 6.07) is 7.75. The molecule has 2 aromatic rings. The zero-order chi connectivity index (χ0) is 20.3. The SMILES string of the molecule is Cc1cc(C(O)CCNC(=O)c2ccc(S(=O)(=O)N3CCCC3)cc2)c(C)o1. The standard InChI is InChI=1S/C20H26N2O5S/c1-14-13-18(15(2)27-14)19(23)9-10-21-20(24)16-5-7-17(8-6-16)28(25,26)22-11-3-4-12-22/h5-8,13,19,23H,3-4,9-12H2,1-2H3,(H,21,24). The van der Waals surface area contributed by atoms with E-state index < -0.39 is 16.1 Å². The van der Waals surface area contributed by atoms with Gasteiger partial charge in [0.1, 0.15) is 11.5 Å². The van der Waals surface area contributed by atoms with Crippen LogP contribution < -0.4 is 5.32 Å². The monoisotopic (exact) mass is 406 g/mol. The zero-order valence-electron chi connectivity index (χ0n) is 16.1. The number of hydrogen-bond acceptors (Lipinski definition) is 5. The van der Waals surface area contributed by atoms with Crippen LogP contribution in [0.2, 0.25) is 0 Å². The van der Waals surface area contributed by atoms with Gasteiger partial charge in [-0.1, -0.05) is 0 Å². The molecule has 0 aliphatic carbocycles. The zero-order valence-corrected chi connectivity index (χ0v) is 17.0. The Bertz CT molecular complexity index is 928. The van der Waals surface area contributed by atoms with Gasteiger partial charge in [0.25, 0.3) is 5.91 Å². The fourth-order valence-electron chi connectivity index (χ4n) is 3.42. The summed E-state index contributed by atoms with van der Waals surface area (Å²) in [4.78, 5) is 12.5. The van der Waals surface area contributed by atoms with Gasteiger partial charge in [-0.2, -0.15) is 4.31 Å². The number of amides is 1. The summed E-state index contributed by atoms with van der Waals surface area (Å²) in [6.07, 6.45) is 1.39. The third kappa shape index (κ3) is 4.45. The van der Waals surface area contributed by atoms with E-state index in [1.165, 1.54) is 28.6 Å². The molecular formula is C20H26N2O5S. The van der Waals surface area contributed by atoms with E-state index >= 15 is 0 Å². The Morgan fingerprint density at radius 3 is 2.43 bits per heavy atom. The second-order valence-electron chi connectivity index (χ2n) is 7.06. The van der Waals surface area contributed by atoms with Gasteiger partial charge >= 0.3 is 0 Å². The van der Waals surface area contributed by atoms with E-state index in [2.05, 4.69) is 5.32 Å². The summed E-state index contributed by atoms with van der Waals surface area (Å²) < 4.78 is 31.9. The number of nitrogens with one attached hydrogen (secondary N) is 1. The van der Waals surface area contributed by atoms with E-state index in [0.29, 0.717) is 30.8 Å². The lowest BCUT2D eigenvalue weighted by molar-refractivity contribution is 0.0942. The van der Waals surface area contributed by atoms with Crippen molar-refractivity contribution in [2.24, 2.45) is 0 Å². The average Bonchev–Trinajstić information content (AvgIpc) is 3.31. The third-order valence-electron chi connectivity index (χ3n) is 4.96. The van der Waals surface area contributed by atoms with Gasteiger partial charge in [0.05, 0.1) is 11.0 Å². The molecule has 0 saturated carbocycles. The Kier molecular flexibility index (Phi) is 6.22. The number of rotatable bonds is 7. The normalized spacial score (nSPS) is 16.2. The first-order chi connectivity index (χ1) is 13.3. The number of carbonyl (C=O) groups is 1. The van der Waals surface area contributed by atoms with Crippen molar-refractivity contribution in [3.05, 3.63) is 53.0 Å². The van der Waals surface area contributed by atoms with E-state index in [9.17, 15) is 18.3 Å². The Hall–Kier alpha value is -2.16. The van der Waals surface area contributed by atoms with Crippen molar-refractivity contribution in [3.8, 4) is 0 Å². The Labute approximate surface area is 165 Å². The number of hydrogen-bond donors (Lipinski definition) is 2. The van der Waals surface area contributed by atoms with Crippen LogP contribution in [-0.2, 0) is 10.0 Å². The van der Waals surface area contributed by atoms with Crippen molar-refractivity contribution in [2.75, 3.05) is 19.6 Å². The first kappa shape index (κ1) is 20.6. The van der Waals surface area contributed by atoms with Gasteiger partial charge in [-0.05, 0) is 63.4 Å². The van der Waals surface area contributed by atoms with Crippen LogP contribution in [0, 0.1) is 13.8 Å². The first-order valence-electron chi connectivity index (χ1n) is 9.42. The Balaban J connectivity index is 1.55. The van der Waals surface area contributed by atoms with Crippen molar-refractivity contribution in [1.82, 2.24) is 9.62 Å². The molecule has 7 nitrogen and oxygen atoms in total. The van der Waals surface area contributed by atoms with Crippen LogP contribution in [0.4, 0.5) is 0 Å². The molecule has 1 aromatic carbocycles. The fourth-order valence-corrected chi connectivity index (χ4v) is 4.93.